The van der Waals surface area contributed by atoms with E-state index in [1.807, 2.05) is 42.5 Å². The van der Waals surface area contributed by atoms with Crippen molar-refractivity contribution < 1.29 is 23.8 Å². The molecule has 0 aliphatic carbocycles. The third-order valence-electron chi connectivity index (χ3n) is 6.46. The highest BCUT2D eigenvalue weighted by atomic mass is 35.5. The van der Waals surface area contributed by atoms with Crippen LogP contribution in [-0.2, 0) is 11.3 Å². The molecule has 0 saturated carbocycles. The SMILES string of the molecule is COc1cccc([C@H]2CN(C(=O)c3ccc(Cl)cc3)C[C@@H]2C(=O)NCc2ccc3c(c2)OCO3)c1. The molecule has 1 fully saturated rings. The second-order valence-corrected chi connectivity index (χ2v) is 9.05. The van der Waals surface area contributed by atoms with Gasteiger partial charge in [0, 0.05) is 36.1 Å². The fourth-order valence-corrected chi connectivity index (χ4v) is 4.72. The van der Waals surface area contributed by atoms with Crippen LogP contribution in [0.1, 0.15) is 27.4 Å². The van der Waals surface area contributed by atoms with E-state index in [-0.39, 0.29) is 24.5 Å². The summed E-state index contributed by atoms with van der Waals surface area (Å²) >= 11 is 5.98. The van der Waals surface area contributed by atoms with Crippen LogP contribution in [0.2, 0.25) is 5.02 Å². The van der Waals surface area contributed by atoms with Crippen molar-refractivity contribution in [3.63, 3.8) is 0 Å². The first-order chi connectivity index (χ1) is 17.0. The summed E-state index contributed by atoms with van der Waals surface area (Å²) in [7, 11) is 1.61. The van der Waals surface area contributed by atoms with E-state index in [1.165, 1.54) is 0 Å². The van der Waals surface area contributed by atoms with Crippen LogP contribution >= 0.6 is 11.6 Å². The quantitative estimate of drug-likeness (QED) is 0.556. The zero-order chi connectivity index (χ0) is 24.4. The summed E-state index contributed by atoms with van der Waals surface area (Å²) < 4.78 is 16.2. The molecule has 0 bridgehead atoms. The Balaban J connectivity index is 1.35. The first kappa shape index (κ1) is 23.1. The molecule has 0 spiro atoms. The number of ether oxygens (including phenoxy) is 3. The molecule has 1 N–H and O–H groups in total. The number of likely N-dealkylation sites (tertiary alicyclic amines) is 1. The molecule has 2 heterocycles. The number of nitrogens with one attached hydrogen (secondary N) is 1. The van der Waals surface area contributed by atoms with Gasteiger partial charge in [0.15, 0.2) is 11.5 Å². The molecule has 2 atom stereocenters. The maximum absolute atomic E-state index is 13.4. The first-order valence-electron chi connectivity index (χ1n) is 11.4. The van der Waals surface area contributed by atoms with Crippen LogP contribution in [0.25, 0.3) is 0 Å². The van der Waals surface area contributed by atoms with E-state index in [0.29, 0.717) is 47.5 Å². The van der Waals surface area contributed by atoms with Gasteiger partial charge in [0.1, 0.15) is 5.75 Å². The van der Waals surface area contributed by atoms with Gasteiger partial charge in [-0.3, -0.25) is 9.59 Å². The summed E-state index contributed by atoms with van der Waals surface area (Å²) in [6.07, 6.45) is 0. The Hall–Kier alpha value is -3.71. The third kappa shape index (κ3) is 4.91. The zero-order valence-corrected chi connectivity index (χ0v) is 20.0. The number of amides is 2. The van der Waals surface area contributed by atoms with E-state index in [9.17, 15) is 9.59 Å². The maximum atomic E-state index is 13.4. The Bertz CT molecular complexity index is 1250. The molecule has 5 rings (SSSR count). The average Bonchev–Trinajstić information content (AvgIpc) is 3.54. The summed E-state index contributed by atoms with van der Waals surface area (Å²) in [5.74, 6) is 1.27. The molecule has 3 aromatic carbocycles. The standard InChI is InChI=1S/C27H25ClN2O5/c1-33-21-4-2-3-19(12-21)22-14-30(27(32)18-6-8-20(28)9-7-18)15-23(22)26(31)29-13-17-5-10-24-25(11-17)35-16-34-24/h2-12,22-23H,13-16H2,1H3,(H,29,31)/t22-,23+/m1/s1. The van der Waals surface area contributed by atoms with Gasteiger partial charge < -0.3 is 24.4 Å². The van der Waals surface area contributed by atoms with Gasteiger partial charge >= 0.3 is 0 Å². The van der Waals surface area contributed by atoms with Crippen LogP contribution in [0.15, 0.2) is 66.7 Å². The number of rotatable bonds is 6. The lowest BCUT2D eigenvalue weighted by Crippen LogP contribution is -2.35. The Morgan fingerprint density at radius 1 is 1.03 bits per heavy atom. The van der Waals surface area contributed by atoms with Crippen molar-refractivity contribution >= 4 is 23.4 Å². The molecule has 2 amide bonds. The zero-order valence-electron chi connectivity index (χ0n) is 19.2. The molecule has 1 saturated heterocycles. The largest absolute Gasteiger partial charge is 0.497 e. The summed E-state index contributed by atoms with van der Waals surface area (Å²) in [6.45, 7) is 1.29. The van der Waals surface area contributed by atoms with Crippen LogP contribution in [0.5, 0.6) is 17.2 Å². The van der Waals surface area contributed by atoms with E-state index in [1.54, 1.807) is 36.3 Å². The number of benzene rings is 3. The molecule has 35 heavy (non-hydrogen) atoms. The minimum atomic E-state index is -0.410. The highest BCUT2D eigenvalue weighted by molar-refractivity contribution is 6.30. The minimum absolute atomic E-state index is 0.109. The average molecular weight is 493 g/mol. The van der Waals surface area contributed by atoms with Crippen molar-refractivity contribution in [1.82, 2.24) is 10.2 Å². The molecule has 3 aromatic rings. The predicted octanol–water partition coefficient (Wildman–Crippen LogP) is 4.25. The molecule has 7 nitrogen and oxygen atoms in total. The van der Waals surface area contributed by atoms with Crippen molar-refractivity contribution in [3.8, 4) is 17.2 Å². The Morgan fingerprint density at radius 2 is 1.83 bits per heavy atom. The van der Waals surface area contributed by atoms with Crippen molar-refractivity contribution in [2.24, 2.45) is 5.92 Å². The fourth-order valence-electron chi connectivity index (χ4n) is 4.59. The van der Waals surface area contributed by atoms with Crippen molar-refractivity contribution in [2.75, 3.05) is 27.0 Å². The number of hydrogen-bond donors (Lipinski definition) is 1. The summed E-state index contributed by atoms with van der Waals surface area (Å²) in [5, 5.41) is 3.61. The van der Waals surface area contributed by atoms with Gasteiger partial charge in [-0.25, -0.2) is 0 Å². The summed E-state index contributed by atoms with van der Waals surface area (Å²) in [5.41, 5.74) is 2.41. The molecular weight excluding hydrogens is 468 g/mol. The van der Waals surface area contributed by atoms with Gasteiger partial charge in [0.2, 0.25) is 12.7 Å². The third-order valence-corrected chi connectivity index (χ3v) is 6.71. The van der Waals surface area contributed by atoms with Gasteiger partial charge in [0.05, 0.1) is 13.0 Å². The van der Waals surface area contributed by atoms with E-state index in [2.05, 4.69) is 5.32 Å². The molecule has 2 aliphatic rings. The lowest BCUT2D eigenvalue weighted by atomic mass is 9.88. The number of hydrogen-bond acceptors (Lipinski definition) is 5. The monoisotopic (exact) mass is 492 g/mol. The summed E-state index contributed by atoms with van der Waals surface area (Å²) in [4.78, 5) is 28.3. The Labute approximate surface area is 208 Å². The maximum Gasteiger partial charge on any atom is 0.253 e. The number of nitrogens with zero attached hydrogens (tertiary/aromatic N) is 1. The van der Waals surface area contributed by atoms with Gasteiger partial charge in [-0.15, -0.1) is 0 Å². The van der Waals surface area contributed by atoms with E-state index in [4.69, 9.17) is 25.8 Å². The molecular formula is C27H25ClN2O5. The predicted molar refractivity (Wildman–Crippen MR) is 131 cm³/mol. The molecule has 0 unspecified atom stereocenters. The van der Waals surface area contributed by atoms with Crippen molar-refractivity contribution in [1.29, 1.82) is 0 Å². The second kappa shape index (κ2) is 9.88. The van der Waals surface area contributed by atoms with Gasteiger partial charge in [-0.1, -0.05) is 29.8 Å². The number of methoxy groups -OCH3 is 1. The van der Waals surface area contributed by atoms with E-state index >= 15 is 0 Å². The molecule has 0 aromatic heterocycles. The van der Waals surface area contributed by atoms with Crippen LogP contribution in [0, 0.1) is 5.92 Å². The number of halogens is 1. The van der Waals surface area contributed by atoms with E-state index in [0.717, 1.165) is 11.1 Å². The Morgan fingerprint density at radius 3 is 2.63 bits per heavy atom. The lowest BCUT2D eigenvalue weighted by Gasteiger charge is -2.19. The Kier molecular flexibility index (Phi) is 6.51. The normalized spacial score (nSPS) is 18.4. The number of carbonyl (C=O) groups is 2. The van der Waals surface area contributed by atoms with Crippen molar-refractivity contribution in [2.45, 2.75) is 12.5 Å². The topological polar surface area (TPSA) is 77.1 Å². The lowest BCUT2D eigenvalue weighted by molar-refractivity contribution is -0.125. The van der Waals surface area contributed by atoms with Gasteiger partial charge in [-0.2, -0.15) is 0 Å². The highest BCUT2D eigenvalue weighted by Gasteiger charge is 2.40. The molecule has 2 aliphatic heterocycles. The van der Waals surface area contributed by atoms with Crippen LogP contribution < -0.4 is 19.5 Å². The molecule has 0 radical (unpaired) electrons. The second-order valence-electron chi connectivity index (χ2n) is 8.61. The van der Waals surface area contributed by atoms with E-state index < -0.39 is 5.92 Å². The fraction of sp³-hybridized carbons (Fsp3) is 0.259. The minimum Gasteiger partial charge on any atom is -0.497 e. The van der Waals surface area contributed by atoms with Crippen LogP contribution in [0.4, 0.5) is 0 Å². The number of carbonyl (C=O) groups excluding carboxylic acids is 2. The van der Waals surface area contributed by atoms with Gasteiger partial charge in [-0.05, 0) is 59.7 Å². The van der Waals surface area contributed by atoms with Crippen LogP contribution in [0.3, 0.4) is 0 Å². The van der Waals surface area contributed by atoms with Gasteiger partial charge in [0.25, 0.3) is 5.91 Å². The molecule has 180 valence electrons. The highest BCUT2D eigenvalue weighted by Crippen LogP contribution is 2.36. The smallest absolute Gasteiger partial charge is 0.253 e. The van der Waals surface area contributed by atoms with Crippen molar-refractivity contribution in [3.05, 3.63) is 88.4 Å². The number of fused-ring (bicyclic) bond motifs is 1. The summed E-state index contributed by atoms with van der Waals surface area (Å²) in [6, 6.07) is 20.1. The first-order valence-corrected chi connectivity index (χ1v) is 11.7. The molecule has 8 heteroatoms. The van der Waals surface area contributed by atoms with Crippen LogP contribution in [-0.4, -0.2) is 43.7 Å².